The molecule has 0 saturated heterocycles. The Labute approximate surface area is 218 Å². The Bertz CT molecular complexity index is 1490. The number of hydrogen-bond donors (Lipinski definition) is 2. The monoisotopic (exact) mass is 515 g/mol. The Morgan fingerprint density at radius 2 is 1.79 bits per heavy atom. The van der Waals surface area contributed by atoms with Gasteiger partial charge in [-0.25, -0.2) is 9.59 Å². The second-order valence-electron chi connectivity index (χ2n) is 9.22. The van der Waals surface area contributed by atoms with Gasteiger partial charge in [-0.1, -0.05) is 24.3 Å². The second kappa shape index (κ2) is 8.98. The van der Waals surface area contributed by atoms with Crippen LogP contribution in [0.3, 0.4) is 0 Å². The molecule has 3 aromatic carbocycles. The quantitative estimate of drug-likeness (QED) is 0.501. The van der Waals surface area contributed by atoms with Crippen molar-refractivity contribution >= 4 is 29.3 Å². The summed E-state index contributed by atoms with van der Waals surface area (Å²) >= 11 is 0. The zero-order valence-electron chi connectivity index (χ0n) is 20.8. The predicted octanol–water partition coefficient (Wildman–Crippen LogP) is 3.36. The van der Waals surface area contributed by atoms with Crippen LogP contribution in [0.4, 0.5) is 16.2 Å². The van der Waals surface area contributed by atoms with Crippen LogP contribution in [0.25, 0.3) is 0 Å². The van der Waals surface area contributed by atoms with Gasteiger partial charge in [0.05, 0.1) is 12.7 Å². The highest BCUT2D eigenvalue weighted by molar-refractivity contribution is 6.11. The van der Waals surface area contributed by atoms with E-state index in [0.717, 1.165) is 16.8 Å². The normalized spacial score (nSPS) is 18.2. The summed E-state index contributed by atoms with van der Waals surface area (Å²) in [6.07, 6.45) is 0. The summed E-state index contributed by atoms with van der Waals surface area (Å²) in [5.74, 6) is 1.18. The van der Waals surface area contributed by atoms with Crippen molar-refractivity contribution in [3.8, 4) is 17.2 Å². The number of methoxy groups -OCH3 is 1. The third kappa shape index (κ3) is 3.52. The number of fused-ring (bicyclic) bond motifs is 5. The maximum Gasteiger partial charge on any atom is 0.338 e. The smallest absolute Gasteiger partial charge is 0.338 e. The molecule has 6 rings (SSSR count). The first-order chi connectivity index (χ1) is 18.4. The highest BCUT2D eigenvalue weighted by atomic mass is 16.7. The third-order valence-corrected chi connectivity index (χ3v) is 7.25. The van der Waals surface area contributed by atoms with Crippen LogP contribution in [0, 0.1) is 6.92 Å². The topological polar surface area (TPSA) is 115 Å². The molecule has 3 aliphatic rings. The number of esters is 1. The fourth-order valence-electron chi connectivity index (χ4n) is 5.34. The van der Waals surface area contributed by atoms with Gasteiger partial charge in [0.25, 0.3) is 0 Å². The van der Waals surface area contributed by atoms with Crippen molar-refractivity contribution < 1.29 is 33.3 Å². The molecule has 2 N–H and O–H groups in total. The van der Waals surface area contributed by atoms with Gasteiger partial charge in [-0.05, 0) is 42.3 Å². The lowest BCUT2D eigenvalue weighted by Crippen LogP contribution is -2.45. The van der Waals surface area contributed by atoms with E-state index in [9.17, 15) is 14.4 Å². The molecule has 1 spiro atoms. The van der Waals surface area contributed by atoms with E-state index in [0.29, 0.717) is 34.1 Å². The van der Waals surface area contributed by atoms with Crippen molar-refractivity contribution in [1.82, 2.24) is 5.32 Å². The molecule has 3 aromatic rings. The maximum atomic E-state index is 14.0. The summed E-state index contributed by atoms with van der Waals surface area (Å²) in [7, 11) is 1.31. The van der Waals surface area contributed by atoms with Crippen LogP contribution in [0.5, 0.6) is 17.2 Å². The first-order valence-electron chi connectivity index (χ1n) is 12.1. The van der Waals surface area contributed by atoms with Crippen molar-refractivity contribution in [3.63, 3.8) is 0 Å². The minimum absolute atomic E-state index is 0.125. The van der Waals surface area contributed by atoms with Gasteiger partial charge in [-0.3, -0.25) is 4.79 Å². The largest absolute Gasteiger partial charge is 0.491 e. The number of carbonyl (C=O) groups is 3. The zero-order valence-corrected chi connectivity index (χ0v) is 20.8. The van der Waals surface area contributed by atoms with Gasteiger partial charge in [0.15, 0.2) is 11.5 Å². The molecule has 38 heavy (non-hydrogen) atoms. The number of nitrogens with zero attached hydrogens (tertiary/aromatic N) is 1. The van der Waals surface area contributed by atoms with Crippen molar-refractivity contribution in [3.05, 3.63) is 76.9 Å². The van der Waals surface area contributed by atoms with Crippen LogP contribution in [-0.4, -0.2) is 51.5 Å². The molecule has 10 heteroatoms. The molecule has 1 unspecified atom stereocenters. The number of carbonyl (C=O) groups excluding carboxylic acids is 3. The average molecular weight is 516 g/mol. The lowest BCUT2D eigenvalue weighted by molar-refractivity contribution is -0.122. The molecular weight excluding hydrogens is 490 g/mol. The van der Waals surface area contributed by atoms with Crippen LogP contribution in [0.2, 0.25) is 0 Å². The number of urea groups is 1. The summed E-state index contributed by atoms with van der Waals surface area (Å²) in [5.41, 5.74) is 2.83. The summed E-state index contributed by atoms with van der Waals surface area (Å²) in [6.45, 7) is 2.48. The van der Waals surface area contributed by atoms with Gasteiger partial charge in [-0.15, -0.1) is 0 Å². The molecule has 0 aromatic heterocycles. The summed E-state index contributed by atoms with van der Waals surface area (Å²) < 4.78 is 21.8. The number of ether oxygens (including phenoxy) is 4. The first-order valence-corrected chi connectivity index (χ1v) is 12.1. The molecule has 0 aliphatic carbocycles. The lowest BCUT2D eigenvalue weighted by atomic mass is 9.77. The van der Waals surface area contributed by atoms with E-state index >= 15 is 0 Å². The molecule has 3 aliphatic heterocycles. The molecule has 194 valence electrons. The number of benzene rings is 3. The van der Waals surface area contributed by atoms with Crippen LogP contribution in [0.1, 0.15) is 27.0 Å². The number of hydrogen-bond acceptors (Lipinski definition) is 7. The van der Waals surface area contributed by atoms with Gasteiger partial charge in [-0.2, -0.15) is 0 Å². The van der Waals surface area contributed by atoms with Crippen molar-refractivity contribution in [2.75, 3.05) is 43.8 Å². The number of rotatable bonds is 5. The molecule has 3 heterocycles. The highest BCUT2D eigenvalue weighted by Gasteiger charge is 2.57. The molecule has 1 atom stereocenters. The SMILES string of the molecule is COC(=O)c1cccc(NC(=O)NCCN2C(=O)C3(COc4cc5c(cc43)OCO5)c3ccccc32)c1C. The van der Waals surface area contributed by atoms with E-state index in [1.54, 1.807) is 36.1 Å². The van der Waals surface area contributed by atoms with E-state index in [1.807, 2.05) is 30.3 Å². The van der Waals surface area contributed by atoms with Gasteiger partial charge < -0.3 is 34.5 Å². The van der Waals surface area contributed by atoms with Gasteiger partial charge in [0.1, 0.15) is 17.8 Å². The minimum atomic E-state index is -0.999. The Morgan fingerprint density at radius 3 is 2.61 bits per heavy atom. The molecule has 0 fully saturated rings. The number of nitrogens with one attached hydrogen (secondary N) is 2. The highest BCUT2D eigenvalue weighted by Crippen LogP contribution is 2.54. The lowest BCUT2D eigenvalue weighted by Gasteiger charge is -2.23. The molecular formula is C28H25N3O7. The Morgan fingerprint density at radius 1 is 1.00 bits per heavy atom. The molecule has 0 bridgehead atoms. The number of amides is 3. The Hall–Kier alpha value is -4.73. The Kier molecular flexibility index (Phi) is 5.59. The zero-order chi connectivity index (χ0) is 26.4. The molecule has 0 radical (unpaired) electrons. The first kappa shape index (κ1) is 23.7. The number of anilines is 2. The number of para-hydroxylation sites is 1. The second-order valence-corrected chi connectivity index (χ2v) is 9.22. The Balaban J connectivity index is 1.19. The van der Waals surface area contributed by atoms with E-state index in [-0.39, 0.29) is 32.4 Å². The minimum Gasteiger partial charge on any atom is -0.491 e. The molecule has 10 nitrogen and oxygen atoms in total. The van der Waals surface area contributed by atoms with Crippen molar-refractivity contribution in [2.24, 2.45) is 0 Å². The molecule has 0 saturated carbocycles. The van der Waals surface area contributed by atoms with Gasteiger partial charge in [0, 0.05) is 36.1 Å². The maximum absolute atomic E-state index is 14.0. The fourth-order valence-corrected chi connectivity index (χ4v) is 5.34. The van der Waals surface area contributed by atoms with Crippen molar-refractivity contribution in [2.45, 2.75) is 12.3 Å². The van der Waals surface area contributed by atoms with Crippen molar-refractivity contribution in [1.29, 1.82) is 0 Å². The fraction of sp³-hybridized carbons (Fsp3) is 0.250. The standard InChI is InChI=1S/C28H25N3O7/c1-16-17(25(32)35-2)6-5-8-20(16)30-27(34)29-10-11-31-21-9-4-3-7-18(21)28(26(31)33)14-36-22-13-24-23(12-19(22)28)37-15-38-24/h3-9,12-13H,10-11,14-15H2,1-2H3,(H2,29,30,34). The van der Waals surface area contributed by atoms with Crippen LogP contribution in [-0.2, 0) is 14.9 Å². The van der Waals surface area contributed by atoms with Crippen LogP contribution >= 0.6 is 0 Å². The van der Waals surface area contributed by atoms with Gasteiger partial charge in [0.2, 0.25) is 12.7 Å². The van der Waals surface area contributed by atoms with Crippen LogP contribution < -0.4 is 29.7 Å². The van der Waals surface area contributed by atoms with E-state index in [2.05, 4.69) is 10.6 Å². The predicted molar refractivity (Wildman–Crippen MR) is 137 cm³/mol. The summed E-state index contributed by atoms with van der Waals surface area (Å²) in [5, 5.41) is 5.57. The molecule has 3 amide bonds. The summed E-state index contributed by atoms with van der Waals surface area (Å²) in [4.78, 5) is 40.3. The summed E-state index contributed by atoms with van der Waals surface area (Å²) in [6, 6.07) is 15.8. The third-order valence-electron chi connectivity index (χ3n) is 7.25. The van der Waals surface area contributed by atoms with Crippen LogP contribution in [0.15, 0.2) is 54.6 Å². The van der Waals surface area contributed by atoms with E-state index in [1.165, 1.54) is 7.11 Å². The van der Waals surface area contributed by atoms with E-state index in [4.69, 9.17) is 18.9 Å². The average Bonchev–Trinajstić information content (AvgIpc) is 3.60. The van der Waals surface area contributed by atoms with E-state index < -0.39 is 17.4 Å². The van der Waals surface area contributed by atoms with Gasteiger partial charge >= 0.3 is 12.0 Å².